The average Bonchev–Trinajstić information content (AvgIpc) is 2.49. The van der Waals surface area contributed by atoms with Gasteiger partial charge in [0.1, 0.15) is 10.1 Å². The van der Waals surface area contributed by atoms with Crippen molar-refractivity contribution in [2.24, 2.45) is 0 Å². The lowest BCUT2D eigenvalue weighted by molar-refractivity contribution is -0.157. The minimum Gasteiger partial charge on any atom is -0.480 e. The third kappa shape index (κ3) is 1.67. The minimum absolute atomic E-state index is 0.177. The SMILES string of the molecule is C[C@]1(C=CC=CC#N)[C@H](C(=O)O)N2C(=O)C[C@H]2S1(=O)=O. The standard InChI is InChI=1S/C12H12N2O5S/c1-12(5-3-2-4-6-13)10(11(16)17)14-8(15)7-9(14)20(12,18)19/h2-5,9-10H,7H2,1H3,(H,16,17)/t9-,10+,12+/m1/s1. The van der Waals surface area contributed by atoms with Gasteiger partial charge in [0, 0.05) is 6.08 Å². The summed E-state index contributed by atoms with van der Waals surface area (Å²) in [6.45, 7) is 1.28. The molecule has 0 saturated carbocycles. The molecular weight excluding hydrogens is 284 g/mol. The van der Waals surface area contributed by atoms with Crippen molar-refractivity contribution in [1.29, 1.82) is 5.26 Å². The maximum absolute atomic E-state index is 12.4. The van der Waals surface area contributed by atoms with Gasteiger partial charge in [-0.15, -0.1) is 0 Å². The molecular formula is C12H12N2O5S. The normalized spacial score (nSPS) is 35.0. The molecule has 3 atom stereocenters. The Morgan fingerprint density at radius 2 is 2.20 bits per heavy atom. The number of rotatable bonds is 3. The Bertz CT molecular complexity index is 672. The average molecular weight is 296 g/mol. The molecule has 1 amide bonds. The predicted molar refractivity (Wildman–Crippen MR) is 67.9 cm³/mol. The molecule has 7 nitrogen and oxygen atoms in total. The summed E-state index contributed by atoms with van der Waals surface area (Å²) in [4.78, 5) is 23.8. The van der Waals surface area contributed by atoms with E-state index in [9.17, 15) is 23.1 Å². The molecule has 0 unspecified atom stereocenters. The molecule has 2 rings (SSSR count). The molecule has 0 aromatic carbocycles. The molecule has 1 N–H and O–H groups in total. The number of fused-ring (bicyclic) bond motifs is 1. The number of hydrogen-bond donors (Lipinski definition) is 1. The van der Waals surface area contributed by atoms with E-state index in [4.69, 9.17) is 5.26 Å². The van der Waals surface area contributed by atoms with Crippen molar-refractivity contribution in [3.05, 3.63) is 24.3 Å². The molecule has 2 aliphatic rings. The van der Waals surface area contributed by atoms with E-state index < -0.39 is 37.9 Å². The van der Waals surface area contributed by atoms with Crippen LogP contribution in [0.5, 0.6) is 0 Å². The maximum Gasteiger partial charge on any atom is 0.328 e. The molecule has 106 valence electrons. The minimum atomic E-state index is -3.82. The molecule has 0 aromatic heterocycles. The molecule has 8 heteroatoms. The van der Waals surface area contributed by atoms with Gasteiger partial charge < -0.3 is 10.0 Å². The van der Waals surface area contributed by atoms with Gasteiger partial charge in [0.2, 0.25) is 5.91 Å². The first kappa shape index (κ1) is 14.3. The molecule has 2 aliphatic heterocycles. The maximum atomic E-state index is 12.4. The van der Waals surface area contributed by atoms with E-state index >= 15 is 0 Å². The lowest BCUT2D eigenvalue weighted by atomic mass is 9.96. The molecule has 0 aliphatic carbocycles. The van der Waals surface area contributed by atoms with Crippen LogP contribution in [-0.4, -0.2) is 46.5 Å². The van der Waals surface area contributed by atoms with Crippen LogP contribution in [0.2, 0.25) is 0 Å². The van der Waals surface area contributed by atoms with Gasteiger partial charge in [0.25, 0.3) is 0 Å². The van der Waals surface area contributed by atoms with Crippen molar-refractivity contribution in [1.82, 2.24) is 4.90 Å². The van der Waals surface area contributed by atoms with Crippen LogP contribution in [0.25, 0.3) is 0 Å². The Kier molecular flexibility index (Phi) is 3.18. The number of carbonyl (C=O) groups is 2. The first-order chi connectivity index (χ1) is 9.27. The van der Waals surface area contributed by atoms with Crippen LogP contribution in [-0.2, 0) is 19.4 Å². The molecule has 0 spiro atoms. The van der Waals surface area contributed by atoms with Gasteiger partial charge in [-0.2, -0.15) is 5.26 Å². The number of nitriles is 1. The Hall–Kier alpha value is -2.14. The van der Waals surface area contributed by atoms with Crippen LogP contribution < -0.4 is 0 Å². The Morgan fingerprint density at radius 3 is 2.70 bits per heavy atom. The molecule has 2 heterocycles. The summed E-state index contributed by atoms with van der Waals surface area (Å²) in [5, 5.41) is 16.6. The fourth-order valence-electron chi connectivity index (χ4n) is 2.59. The summed E-state index contributed by atoms with van der Waals surface area (Å²) < 4.78 is 23.1. The predicted octanol–water partition coefficient (Wildman–Crippen LogP) is -0.179. The summed E-state index contributed by atoms with van der Waals surface area (Å²) >= 11 is 0. The third-order valence-electron chi connectivity index (χ3n) is 3.68. The fraction of sp³-hybridized carbons (Fsp3) is 0.417. The van der Waals surface area contributed by atoms with Crippen LogP contribution in [0.3, 0.4) is 0 Å². The summed E-state index contributed by atoms with van der Waals surface area (Å²) in [7, 11) is -3.82. The zero-order valence-electron chi connectivity index (χ0n) is 10.6. The largest absolute Gasteiger partial charge is 0.480 e. The highest BCUT2D eigenvalue weighted by Gasteiger charge is 2.68. The van der Waals surface area contributed by atoms with Crippen molar-refractivity contribution in [3.8, 4) is 6.07 Å². The summed E-state index contributed by atoms with van der Waals surface area (Å²) in [5.74, 6) is -1.84. The highest BCUT2D eigenvalue weighted by Crippen LogP contribution is 2.46. The van der Waals surface area contributed by atoms with Crippen molar-refractivity contribution in [2.75, 3.05) is 0 Å². The van der Waals surface area contributed by atoms with Crippen molar-refractivity contribution < 1.29 is 23.1 Å². The van der Waals surface area contributed by atoms with Gasteiger partial charge in [0.15, 0.2) is 15.9 Å². The van der Waals surface area contributed by atoms with Crippen molar-refractivity contribution in [2.45, 2.75) is 29.5 Å². The second-order valence-electron chi connectivity index (χ2n) is 4.78. The smallest absolute Gasteiger partial charge is 0.328 e. The molecule has 0 aromatic rings. The molecule has 2 saturated heterocycles. The second-order valence-corrected chi connectivity index (χ2v) is 7.29. The van der Waals surface area contributed by atoms with Gasteiger partial charge in [-0.3, -0.25) is 4.79 Å². The van der Waals surface area contributed by atoms with Crippen LogP contribution in [0.15, 0.2) is 24.3 Å². The Morgan fingerprint density at radius 1 is 1.55 bits per heavy atom. The fourth-order valence-corrected chi connectivity index (χ4v) is 4.87. The monoisotopic (exact) mass is 296 g/mol. The van der Waals surface area contributed by atoms with E-state index in [0.717, 1.165) is 11.0 Å². The van der Waals surface area contributed by atoms with E-state index in [2.05, 4.69) is 0 Å². The summed E-state index contributed by atoms with van der Waals surface area (Å²) in [5.41, 5.74) is 0. The van der Waals surface area contributed by atoms with Crippen molar-refractivity contribution >= 4 is 21.7 Å². The van der Waals surface area contributed by atoms with E-state index in [1.165, 1.54) is 25.2 Å². The number of β-lactam (4-membered cyclic amide) rings is 1. The lowest BCUT2D eigenvalue weighted by Crippen LogP contribution is -2.57. The highest BCUT2D eigenvalue weighted by molar-refractivity contribution is 7.94. The number of nitrogens with zero attached hydrogens (tertiary/aromatic N) is 2. The van der Waals surface area contributed by atoms with Crippen LogP contribution in [0.1, 0.15) is 13.3 Å². The summed E-state index contributed by atoms with van der Waals surface area (Å²) in [6.07, 6.45) is 4.81. The zero-order valence-corrected chi connectivity index (χ0v) is 11.4. The number of aliphatic carboxylic acids is 1. The number of carboxylic acids is 1. The van der Waals surface area contributed by atoms with Gasteiger partial charge in [-0.05, 0) is 6.92 Å². The zero-order chi connectivity index (χ0) is 15.1. The van der Waals surface area contributed by atoms with E-state index in [1.54, 1.807) is 6.07 Å². The van der Waals surface area contributed by atoms with Gasteiger partial charge in [-0.1, -0.05) is 18.2 Å². The quantitative estimate of drug-likeness (QED) is 0.439. The van der Waals surface area contributed by atoms with Crippen LogP contribution in [0, 0.1) is 11.3 Å². The number of carboxylic acid groups (broad SMARTS) is 1. The van der Waals surface area contributed by atoms with Crippen molar-refractivity contribution in [3.63, 3.8) is 0 Å². The molecule has 2 fully saturated rings. The topological polar surface area (TPSA) is 116 Å². The first-order valence-corrected chi connectivity index (χ1v) is 7.33. The van der Waals surface area contributed by atoms with Gasteiger partial charge in [-0.25, -0.2) is 13.2 Å². The lowest BCUT2D eigenvalue weighted by Gasteiger charge is -2.35. The summed E-state index contributed by atoms with van der Waals surface area (Å²) in [6, 6.07) is 0.296. The van der Waals surface area contributed by atoms with Crippen LogP contribution in [0.4, 0.5) is 0 Å². The van der Waals surface area contributed by atoms with E-state index in [1.807, 2.05) is 0 Å². The number of sulfone groups is 1. The molecule has 20 heavy (non-hydrogen) atoms. The second kappa shape index (κ2) is 4.45. The van der Waals surface area contributed by atoms with E-state index in [0.29, 0.717) is 0 Å². The Balaban J connectivity index is 2.50. The highest BCUT2D eigenvalue weighted by atomic mass is 32.2. The molecule has 0 radical (unpaired) electrons. The Labute approximate surface area is 115 Å². The number of amides is 1. The first-order valence-electron chi connectivity index (χ1n) is 5.79. The van der Waals surface area contributed by atoms with Gasteiger partial charge >= 0.3 is 5.97 Å². The molecule has 0 bridgehead atoms. The van der Waals surface area contributed by atoms with Gasteiger partial charge in [0.05, 0.1) is 12.5 Å². The van der Waals surface area contributed by atoms with E-state index in [-0.39, 0.29) is 6.42 Å². The number of carbonyl (C=O) groups excluding carboxylic acids is 1. The number of hydrogen-bond acceptors (Lipinski definition) is 5. The number of allylic oxidation sites excluding steroid dienone is 3. The third-order valence-corrected chi connectivity index (χ3v) is 6.38. The van der Waals surface area contributed by atoms with Crippen LogP contribution >= 0.6 is 0 Å².